The Morgan fingerprint density at radius 3 is 2.20 bits per heavy atom. The number of aromatic nitrogens is 2. The van der Waals surface area contributed by atoms with Gasteiger partial charge in [-0.05, 0) is 6.08 Å². The summed E-state index contributed by atoms with van der Waals surface area (Å²) in [6.07, 6.45) is 7.41. The van der Waals surface area contributed by atoms with E-state index in [4.69, 9.17) is 0 Å². The summed E-state index contributed by atoms with van der Waals surface area (Å²) in [7, 11) is 0. The van der Waals surface area contributed by atoms with Gasteiger partial charge >= 0.3 is 0 Å². The van der Waals surface area contributed by atoms with E-state index in [9.17, 15) is 0 Å². The van der Waals surface area contributed by atoms with E-state index >= 15 is 0 Å². The van der Waals surface area contributed by atoms with Crippen molar-refractivity contribution in [2.75, 3.05) is 0 Å². The number of allylic oxidation sites excluding steroid dienone is 2. The zero-order valence-electron chi connectivity index (χ0n) is 9.67. The Balaban J connectivity index is 3.59. The lowest BCUT2D eigenvalue weighted by Gasteiger charge is -2.14. The van der Waals surface area contributed by atoms with Gasteiger partial charge in [0, 0.05) is 10.6 Å². The highest BCUT2D eigenvalue weighted by Crippen LogP contribution is 2.14. The summed E-state index contributed by atoms with van der Waals surface area (Å²) >= 11 is 0. The standard InChI is InChI=1S/C13H18N2/c1-6-8-10-11(9-7-2)14-15-12(10)13(3,4)5/h6-9,14H,1-2H2,3-5H3/b10-8+,11-9+. The lowest BCUT2D eigenvalue weighted by molar-refractivity contribution is 0.563. The van der Waals surface area contributed by atoms with E-state index in [-0.39, 0.29) is 5.41 Å². The van der Waals surface area contributed by atoms with Crippen LogP contribution in [0.3, 0.4) is 0 Å². The van der Waals surface area contributed by atoms with Gasteiger partial charge in [-0.15, -0.1) is 0 Å². The molecule has 0 spiro atoms. The van der Waals surface area contributed by atoms with Gasteiger partial charge in [0.1, 0.15) is 0 Å². The molecule has 1 aromatic heterocycles. The van der Waals surface area contributed by atoms with E-state index in [0.717, 1.165) is 16.3 Å². The quantitative estimate of drug-likeness (QED) is 0.776. The smallest absolute Gasteiger partial charge is 0.0754 e. The van der Waals surface area contributed by atoms with Crippen LogP contribution in [0.2, 0.25) is 0 Å². The summed E-state index contributed by atoms with van der Waals surface area (Å²) < 4.78 is 0. The number of H-pyrrole nitrogens is 1. The minimum atomic E-state index is 0.0264. The normalized spacial score (nSPS) is 14.3. The van der Waals surface area contributed by atoms with Gasteiger partial charge in [0.2, 0.25) is 0 Å². The van der Waals surface area contributed by atoms with Gasteiger partial charge in [0.05, 0.1) is 11.0 Å². The average molecular weight is 202 g/mol. The van der Waals surface area contributed by atoms with E-state index in [1.54, 1.807) is 12.2 Å². The molecule has 0 unspecified atom stereocenters. The molecule has 1 aromatic rings. The molecule has 1 heterocycles. The molecule has 1 N–H and O–H groups in total. The maximum Gasteiger partial charge on any atom is 0.0754 e. The largest absolute Gasteiger partial charge is 0.278 e. The predicted molar refractivity (Wildman–Crippen MR) is 65.9 cm³/mol. The molecule has 0 radical (unpaired) electrons. The van der Waals surface area contributed by atoms with Crippen LogP contribution in [-0.2, 0) is 5.41 Å². The minimum absolute atomic E-state index is 0.0264. The molecule has 0 atom stereocenters. The van der Waals surface area contributed by atoms with Crippen LogP contribution in [0, 0.1) is 0 Å². The molecule has 0 aliphatic rings. The van der Waals surface area contributed by atoms with E-state index in [0.29, 0.717) is 0 Å². The predicted octanol–water partition coefficient (Wildman–Crippen LogP) is 1.64. The monoisotopic (exact) mass is 202 g/mol. The first kappa shape index (κ1) is 11.5. The third kappa shape index (κ3) is 2.46. The molecule has 2 nitrogen and oxygen atoms in total. The number of rotatable bonds is 2. The molecule has 1 rings (SSSR count). The Morgan fingerprint density at radius 1 is 1.13 bits per heavy atom. The lowest BCUT2D eigenvalue weighted by atomic mass is 9.91. The summed E-state index contributed by atoms with van der Waals surface area (Å²) in [4.78, 5) is 0. The van der Waals surface area contributed by atoms with Crippen LogP contribution in [0.5, 0.6) is 0 Å². The van der Waals surface area contributed by atoms with Crippen molar-refractivity contribution in [1.82, 2.24) is 10.2 Å². The molecule has 0 aliphatic heterocycles. The first-order chi connectivity index (χ1) is 7.00. The molecule has 0 aromatic carbocycles. The Labute approximate surface area is 90.7 Å². The van der Waals surface area contributed by atoms with Crippen LogP contribution in [-0.4, -0.2) is 10.2 Å². The fourth-order valence-corrected chi connectivity index (χ4v) is 1.47. The molecule has 0 bridgehead atoms. The molecule has 0 fully saturated rings. The number of nitrogens with one attached hydrogen (secondary N) is 1. The minimum Gasteiger partial charge on any atom is -0.278 e. The highest BCUT2D eigenvalue weighted by Gasteiger charge is 2.18. The van der Waals surface area contributed by atoms with Gasteiger partial charge < -0.3 is 0 Å². The van der Waals surface area contributed by atoms with Crippen molar-refractivity contribution in [2.45, 2.75) is 26.2 Å². The highest BCUT2D eigenvalue weighted by atomic mass is 15.1. The van der Waals surface area contributed by atoms with Crippen molar-refractivity contribution in [3.05, 3.63) is 41.6 Å². The Morgan fingerprint density at radius 2 is 1.73 bits per heavy atom. The van der Waals surface area contributed by atoms with E-state index in [2.05, 4.69) is 44.1 Å². The summed E-state index contributed by atoms with van der Waals surface area (Å²) in [5, 5.41) is 9.43. The number of hydrogen-bond donors (Lipinski definition) is 1. The van der Waals surface area contributed by atoms with Crippen LogP contribution in [0.4, 0.5) is 0 Å². The number of aromatic amines is 1. The van der Waals surface area contributed by atoms with Gasteiger partial charge in [0.25, 0.3) is 0 Å². The molecule has 0 aliphatic carbocycles. The van der Waals surface area contributed by atoms with Gasteiger partial charge in [0.15, 0.2) is 0 Å². The SMILES string of the molecule is C=C/C=c1/c(C(C)(C)C)n[nH]/c1=C/C=C. The molecule has 0 amide bonds. The second-order valence-corrected chi connectivity index (χ2v) is 4.45. The van der Waals surface area contributed by atoms with Crippen LogP contribution in [0.15, 0.2) is 25.3 Å². The van der Waals surface area contributed by atoms with Crippen LogP contribution >= 0.6 is 0 Å². The van der Waals surface area contributed by atoms with Gasteiger partial charge in [-0.3, -0.25) is 5.10 Å². The molecule has 0 saturated heterocycles. The molecular formula is C13H18N2. The van der Waals surface area contributed by atoms with Crippen molar-refractivity contribution in [2.24, 2.45) is 0 Å². The number of hydrogen-bond acceptors (Lipinski definition) is 1. The first-order valence-electron chi connectivity index (χ1n) is 5.01. The van der Waals surface area contributed by atoms with Gasteiger partial charge in [-0.2, -0.15) is 5.10 Å². The number of nitrogens with zero attached hydrogens (tertiary/aromatic N) is 1. The van der Waals surface area contributed by atoms with E-state index in [1.165, 1.54) is 0 Å². The Bertz CT molecular complexity index is 470. The summed E-state index contributed by atoms with van der Waals surface area (Å²) in [6.45, 7) is 13.8. The third-order valence-electron chi connectivity index (χ3n) is 2.11. The van der Waals surface area contributed by atoms with Crippen molar-refractivity contribution in [1.29, 1.82) is 0 Å². The maximum absolute atomic E-state index is 4.34. The molecule has 0 saturated carbocycles. The van der Waals surface area contributed by atoms with Crippen molar-refractivity contribution in [3.63, 3.8) is 0 Å². The first-order valence-corrected chi connectivity index (χ1v) is 5.01. The zero-order chi connectivity index (χ0) is 11.5. The van der Waals surface area contributed by atoms with Crippen LogP contribution in [0.25, 0.3) is 12.2 Å². The fourth-order valence-electron chi connectivity index (χ4n) is 1.47. The maximum atomic E-state index is 4.34. The Hall–Kier alpha value is -1.57. The summed E-state index contributed by atoms with van der Waals surface area (Å²) in [6, 6.07) is 0. The molecule has 15 heavy (non-hydrogen) atoms. The second kappa shape index (κ2) is 4.30. The molecular weight excluding hydrogens is 184 g/mol. The van der Waals surface area contributed by atoms with Crippen molar-refractivity contribution in [3.8, 4) is 0 Å². The van der Waals surface area contributed by atoms with Crippen LogP contribution in [0.1, 0.15) is 26.5 Å². The van der Waals surface area contributed by atoms with Crippen LogP contribution < -0.4 is 10.6 Å². The van der Waals surface area contributed by atoms with E-state index in [1.807, 2.05) is 12.2 Å². The van der Waals surface area contributed by atoms with E-state index < -0.39 is 0 Å². The Kier molecular flexibility index (Phi) is 3.30. The highest BCUT2D eigenvalue weighted by molar-refractivity contribution is 5.42. The third-order valence-corrected chi connectivity index (χ3v) is 2.11. The summed E-state index contributed by atoms with van der Waals surface area (Å²) in [5.41, 5.74) is 1.08. The average Bonchev–Trinajstić information content (AvgIpc) is 2.49. The van der Waals surface area contributed by atoms with Crippen molar-refractivity contribution >= 4 is 12.2 Å². The molecule has 80 valence electrons. The second-order valence-electron chi connectivity index (χ2n) is 4.45. The van der Waals surface area contributed by atoms with Gasteiger partial charge in [-0.1, -0.05) is 52.2 Å². The van der Waals surface area contributed by atoms with Gasteiger partial charge in [-0.25, -0.2) is 0 Å². The lowest BCUT2D eigenvalue weighted by Crippen LogP contribution is -2.30. The van der Waals surface area contributed by atoms with Crippen molar-refractivity contribution < 1.29 is 0 Å². The fraction of sp³-hybridized carbons (Fsp3) is 0.308. The zero-order valence-corrected chi connectivity index (χ0v) is 9.67. The molecule has 2 heteroatoms. The summed E-state index contributed by atoms with van der Waals surface area (Å²) in [5.74, 6) is 0. The topological polar surface area (TPSA) is 28.7 Å².